The van der Waals surface area contributed by atoms with E-state index in [2.05, 4.69) is 16.4 Å². The summed E-state index contributed by atoms with van der Waals surface area (Å²) in [5.41, 5.74) is 1.04. The van der Waals surface area contributed by atoms with Crippen molar-refractivity contribution in [1.29, 1.82) is 5.26 Å². The summed E-state index contributed by atoms with van der Waals surface area (Å²) in [4.78, 5) is 17.3. The van der Waals surface area contributed by atoms with E-state index in [1.54, 1.807) is 10.6 Å². The van der Waals surface area contributed by atoms with Crippen molar-refractivity contribution in [2.75, 3.05) is 0 Å². The number of hydrogen-bond acceptors (Lipinski definition) is 3. The zero-order chi connectivity index (χ0) is 16.3. The lowest BCUT2D eigenvalue weighted by Gasteiger charge is -2.56. The topological polar surface area (TPSA) is 70.2 Å². The molecular formula is C19H20N4O. The van der Waals surface area contributed by atoms with Gasteiger partial charge in [0.25, 0.3) is 5.91 Å². The SMILES string of the molecule is N#Cc1nc(C(=O)NC23CC4CC(CC(C4)C2)C3)c2ccccn12. The van der Waals surface area contributed by atoms with E-state index in [9.17, 15) is 10.1 Å². The van der Waals surface area contributed by atoms with Crippen molar-refractivity contribution in [3.63, 3.8) is 0 Å². The van der Waals surface area contributed by atoms with Crippen molar-refractivity contribution in [2.45, 2.75) is 44.1 Å². The van der Waals surface area contributed by atoms with Gasteiger partial charge in [0.2, 0.25) is 5.82 Å². The first kappa shape index (κ1) is 14.0. The van der Waals surface area contributed by atoms with Crippen LogP contribution in [-0.4, -0.2) is 20.8 Å². The average molecular weight is 320 g/mol. The van der Waals surface area contributed by atoms with Gasteiger partial charge in [0.05, 0.1) is 5.52 Å². The van der Waals surface area contributed by atoms with Gasteiger partial charge >= 0.3 is 0 Å². The minimum atomic E-state index is -0.123. The van der Waals surface area contributed by atoms with Crippen LogP contribution in [0.5, 0.6) is 0 Å². The lowest BCUT2D eigenvalue weighted by Crippen LogP contribution is -2.59. The van der Waals surface area contributed by atoms with Gasteiger partial charge in [-0.05, 0) is 68.4 Å². The fraction of sp³-hybridized carbons (Fsp3) is 0.526. The second kappa shape index (κ2) is 4.83. The number of rotatable bonds is 2. The second-order valence-corrected chi connectivity index (χ2v) is 8.00. The van der Waals surface area contributed by atoms with Crippen LogP contribution in [0.1, 0.15) is 54.8 Å². The molecule has 1 N–H and O–H groups in total. The van der Waals surface area contributed by atoms with E-state index in [1.807, 2.05) is 18.2 Å². The molecule has 122 valence electrons. The largest absolute Gasteiger partial charge is 0.345 e. The van der Waals surface area contributed by atoms with E-state index in [4.69, 9.17) is 0 Å². The summed E-state index contributed by atoms with van der Waals surface area (Å²) in [6.07, 6.45) is 9.16. The minimum Gasteiger partial charge on any atom is -0.345 e. The van der Waals surface area contributed by atoms with Crippen LogP contribution in [0, 0.1) is 29.1 Å². The van der Waals surface area contributed by atoms with Gasteiger partial charge in [-0.25, -0.2) is 4.98 Å². The molecule has 2 aromatic heterocycles. The fourth-order valence-corrected chi connectivity index (χ4v) is 5.85. The summed E-state index contributed by atoms with van der Waals surface area (Å²) < 4.78 is 1.69. The van der Waals surface area contributed by atoms with E-state index < -0.39 is 0 Å². The van der Waals surface area contributed by atoms with Crippen LogP contribution in [0.3, 0.4) is 0 Å². The Kier molecular flexibility index (Phi) is 2.82. The van der Waals surface area contributed by atoms with Crippen molar-refractivity contribution in [2.24, 2.45) is 17.8 Å². The lowest BCUT2D eigenvalue weighted by molar-refractivity contribution is -0.0167. The third-order valence-corrected chi connectivity index (χ3v) is 6.28. The number of fused-ring (bicyclic) bond motifs is 1. The van der Waals surface area contributed by atoms with E-state index in [1.165, 1.54) is 19.3 Å². The highest BCUT2D eigenvalue weighted by Gasteiger charge is 2.51. The molecule has 4 aliphatic rings. The Morgan fingerprint density at radius 1 is 1.21 bits per heavy atom. The minimum absolute atomic E-state index is 0.0383. The highest BCUT2D eigenvalue weighted by Crippen LogP contribution is 2.55. The number of carbonyl (C=O) groups is 1. The van der Waals surface area contributed by atoms with Crippen LogP contribution in [-0.2, 0) is 0 Å². The summed E-state index contributed by atoms with van der Waals surface area (Å²) in [5, 5.41) is 12.6. The van der Waals surface area contributed by atoms with Crippen LogP contribution >= 0.6 is 0 Å². The van der Waals surface area contributed by atoms with E-state index in [0.717, 1.165) is 37.0 Å². The van der Waals surface area contributed by atoms with Gasteiger partial charge in [-0.15, -0.1) is 0 Å². The predicted octanol–water partition coefficient (Wildman–Crippen LogP) is 2.90. The summed E-state index contributed by atoms with van der Waals surface area (Å²) >= 11 is 0. The number of nitriles is 1. The molecule has 2 heterocycles. The van der Waals surface area contributed by atoms with Crippen molar-refractivity contribution < 1.29 is 4.79 Å². The molecular weight excluding hydrogens is 300 g/mol. The van der Waals surface area contributed by atoms with Crippen molar-refractivity contribution in [3.8, 4) is 6.07 Å². The first-order chi connectivity index (χ1) is 11.7. The molecule has 4 bridgehead atoms. The molecule has 24 heavy (non-hydrogen) atoms. The molecule has 0 aromatic carbocycles. The molecule has 6 rings (SSSR count). The summed E-state index contributed by atoms with van der Waals surface area (Å²) in [6.45, 7) is 0. The Hall–Kier alpha value is -2.35. The standard InChI is InChI=1S/C19H20N4O/c20-11-16-21-17(15-3-1-2-4-23(15)16)18(24)22-19-8-12-5-13(9-19)7-14(6-12)10-19/h1-4,12-14H,5-10H2,(H,22,24). The molecule has 4 aliphatic carbocycles. The Morgan fingerprint density at radius 3 is 2.50 bits per heavy atom. The molecule has 0 unspecified atom stereocenters. The Bertz CT molecular complexity index is 840. The van der Waals surface area contributed by atoms with Gasteiger partial charge in [0, 0.05) is 11.7 Å². The summed E-state index contributed by atoms with van der Waals surface area (Å²) in [5.74, 6) is 2.49. The quantitative estimate of drug-likeness (QED) is 0.925. The van der Waals surface area contributed by atoms with E-state index >= 15 is 0 Å². The third kappa shape index (κ3) is 1.99. The Balaban J connectivity index is 1.49. The van der Waals surface area contributed by atoms with Gasteiger partial charge in [-0.2, -0.15) is 5.26 Å². The van der Waals surface area contributed by atoms with Crippen LogP contribution in [0.4, 0.5) is 0 Å². The summed E-state index contributed by atoms with van der Waals surface area (Å²) in [6, 6.07) is 7.64. The van der Waals surface area contributed by atoms with Gasteiger partial charge < -0.3 is 5.32 Å². The molecule has 0 atom stereocenters. The molecule has 1 amide bonds. The van der Waals surface area contributed by atoms with Crippen molar-refractivity contribution in [1.82, 2.24) is 14.7 Å². The Labute approximate surface area is 140 Å². The average Bonchev–Trinajstić information content (AvgIpc) is 2.92. The van der Waals surface area contributed by atoms with Crippen molar-refractivity contribution >= 4 is 11.4 Å². The van der Waals surface area contributed by atoms with Crippen LogP contribution in [0.2, 0.25) is 0 Å². The maximum atomic E-state index is 13.0. The van der Waals surface area contributed by atoms with Crippen LogP contribution in [0.25, 0.3) is 5.52 Å². The fourth-order valence-electron chi connectivity index (χ4n) is 5.85. The zero-order valence-electron chi connectivity index (χ0n) is 13.5. The van der Waals surface area contributed by atoms with Gasteiger partial charge in [-0.3, -0.25) is 9.20 Å². The highest BCUT2D eigenvalue weighted by molar-refractivity contribution is 5.99. The summed E-state index contributed by atoms with van der Waals surface area (Å²) in [7, 11) is 0. The molecule has 0 saturated heterocycles. The van der Waals surface area contributed by atoms with Crippen molar-refractivity contribution in [3.05, 3.63) is 35.9 Å². The maximum Gasteiger partial charge on any atom is 0.272 e. The molecule has 2 aromatic rings. The first-order valence-electron chi connectivity index (χ1n) is 8.85. The third-order valence-electron chi connectivity index (χ3n) is 6.28. The number of hydrogen-bond donors (Lipinski definition) is 1. The maximum absolute atomic E-state index is 13.0. The smallest absolute Gasteiger partial charge is 0.272 e. The molecule has 5 heteroatoms. The zero-order valence-corrected chi connectivity index (χ0v) is 13.5. The monoisotopic (exact) mass is 320 g/mol. The second-order valence-electron chi connectivity index (χ2n) is 8.00. The molecule has 0 radical (unpaired) electrons. The number of nitrogens with zero attached hydrogens (tertiary/aromatic N) is 3. The van der Waals surface area contributed by atoms with Gasteiger partial charge in [-0.1, -0.05) is 6.07 Å². The predicted molar refractivity (Wildman–Crippen MR) is 88.3 cm³/mol. The Morgan fingerprint density at radius 2 is 1.88 bits per heavy atom. The number of amides is 1. The van der Waals surface area contributed by atoms with Crippen LogP contribution < -0.4 is 5.32 Å². The number of imidazole rings is 1. The number of carbonyl (C=O) groups excluding carboxylic acids is 1. The van der Waals surface area contributed by atoms with Crippen LogP contribution in [0.15, 0.2) is 24.4 Å². The molecule has 4 fully saturated rings. The lowest BCUT2D eigenvalue weighted by atomic mass is 9.53. The van der Waals surface area contributed by atoms with Gasteiger partial charge in [0.15, 0.2) is 5.69 Å². The van der Waals surface area contributed by atoms with Gasteiger partial charge in [0.1, 0.15) is 6.07 Å². The molecule has 4 saturated carbocycles. The molecule has 0 spiro atoms. The molecule has 5 nitrogen and oxygen atoms in total. The number of aromatic nitrogens is 2. The van der Waals surface area contributed by atoms with E-state index in [-0.39, 0.29) is 17.3 Å². The normalized spacial score (nSPS) is 33.5. The first-order valence-corrected chi connectivity index (χ1v) is 8.85. The number of pyridine rings is 1. The van der Waals surface area contributed by atoms with E-state index in [0.29, 0.717) is 11.2 Å². The number of nitrogens with one attached hydrogen (secondary N) is 1. The highest BCUT2D eigenvalue weighted by atomic mass is 16.2. The molecule has 0 aliphatic heterocycles.